The van der Waals surface area contributed by atoms with Crippen LogP contribution in [0.3, 0.4) is 0 Å². The van der Waals surface area contributed by atoms with Gasteiger partial charge in [0.15, 0.2) is 10.3 Å². The molecule has 2 aliphatic heterocycles. The zero-order valence-electron chi connectivity index (χ0n) is 35.9. The molecule has 0 aromatic carbocycles. The van der Waals surface area contributed by atoms with E-state index >= 15 is 0 Å². The van der Waals surface area contributed by atoms with Crippen LogP contribution in [-0.4, -0.2) is 93.3 Å². The predicted molar refractivity (Wildman–Crippen MR) is 239 cm³/mol. The van der Waals surface area contributed by atoms with E-state index in [0.717, 1.165) is 84.6 Å². The molecule has 330 valence electrons. The molecule has 8 rings (SSSR count). The first-order valence-electron chi connectivity index (χ1n) is 22.2. The van der Waals surface area contributed by atoms with Crippen LogP contribution < -0.4 is 20.4 Å². The van der Waals surface area contributed by atoms with Crippen molar-refractivity contribution < 1.29 is 29.0 Å². The molecule has 0 spiro atoms. The smallest absolute Gasteiger partial charge is 0.308 e. The van der Waals surface area contributed by atoms with Crippen LogP contribution in [0.25, 0.3) is 0 Å². The average molecular weight is 875 g/mol. The third kappa shape index (κ3) is 11.8. The molecule has 14 nitrogen and oxygen atoms in total. The zero-order valence-corrected chi connectivity index (χ0v) is 37.5. The van der Waals surface area contributed by atoms with Crippen LogP contribution in [0.15, 0.2) is 35.3 Å². The minimum absolute atomic E-state index is 0.0389. The van der Waals surface area contributed by atoms with Gasteiger partial charge >= 0.3 is 11.9 Å². The standard InChI is InChI=1S/C23H32N4O3S.C22H30N4O3S/c1-16-12-20(21(28)24-18-8-6-17(7-9-18)22(29)30-2)27(13-16)14-19-15-31-23(25-19)26-10-4-3-5-11-26;1-15-11-19(20(27)23-17-7-5-16(6-8-17)21(28)29)26(12-15)13-18-14-30-22(24-18)25-9-3-2-4-10-25/h12-13,15,17-18H,3-11,14H2,1-2H3,(H,24,28);11-12,14,16-17H,2-10,13H2,1H3,(H,23,27)(H,28,29). The van der Waals surface area contributed by atoms with Gasteiger partial charge in [0.05, 0.1) is 43.4 Å². The SMILES string of the molecule is COC(=O)C1CCC(NC(=O)c2cc(C)cn2Cc2csc(N3CCCCC3)n2)CC1.Cc1cc(C(=O)NC2CCC(C(=O)O)CC2)n(Cc2csc(N3CCCCC3)n2)c1. The van der Waals surface area contributed by atoms with E-state index in [9.17, 15) is 19.2 Å². The molecule has 0 bridgehead atoms. The van der Waals surface area contributed by atoms with E-state index < -0.39 is 5.97 Å². The second-order valence-electron chi connectivity index (χ2n) is 17.3. The molecule has 61 heavy (non-hydrogen) atoms. The highest BCUT2D eigenvalue weighted by molar-refractivity contribution is 7.14. The number of aryl methyl sites for hydroxylation is 2. The summed E-state index contributed by atoms with van der Waals surface area (Å²) in [5.41, 5.74) is 5.38. The van der Waals surface area contributed by atoms with Gasteiger partial charge in [-0.2, -0.15) is 0 Å². The van der Waals surface area contributed by atoms with Crippen LogP contribution in [0.1, 0.15) is 133 Å². The van der Waals surface area contributed by atoms with Gasteiger partial charge in [-0.1, -0.05) is 0 Å². The first kappa shape index (κ1) is 44.4. The summed E-state index contributed by atoms with van der Waals surface area (Å²) in [6.07, 6.45) is 17.3. The van der Waals surface area contributed by atoms with E-state index in [-0.39, 0.29) is 41.7 Å². The van der Waals surface area contributed by atoms with Crippen molar-refractivity contribution in [3.8, 4) is 0 Å². The number of hydrogen-bond acceptors (Lipinski definition) is 11. The van der Waals surface area contributed by atoms with E-state index in [1.54, 1.807) is 22.7 Å². The number of methoxy groups -OCH3 is 1. The number of nitrogens with zero attached hydrogens (tertiary/aromatic N) is 6. The molecule has 3 N–H and O–H groups in total. The number of ether oxygens (including phenoxy) is 1. The largest absolute Gasteiger partial charge is 0.481 e. The van der Waals surface area contributed by atoms with Crippen molar-refractivity contribution in [2.24, 2.45) is 11.8 Å². The Hall–Kier alpha value is -4.70. The molecule has 4 aliphatic rings. The van der Waals surface area contributed by atoms with Gasteiger partial charge in [-0.3, -0.25) is 19.2 Å². The third-order valence-electron chi connectivity index (χ3n) is 12.5. The number of carboxylic acids is 1. The predicted octanol–water partition coefficient (Wildman–Crippen LogP) is 7.42. The minimum Gasteiger partial charge on any atom is -0.481 e. The summed E-state index contributed by atoms with van der Waals surface area (Å²) in [5.74, 6) is -1.32. The van der Waals surface area contributed by atoms with Crippen molar-refractivity contribution in [3.05, 3.63) is 69.2 Å². The lowest BCUT2D eigenvalue weighted by atomic mass is 9.86. The Balaban J connectivity index is 0.000000184. The number of nitrogens with one attached hydrogen (secondary N) is 2. The molecule has 2 saturated carbocycles. The Morgan fingerprint density at radius 1 is 0.656 bits per heavy atom. The van der Waals surface area contributed by atoms with Crippen molar-refractivity contribution in [3.63, 3.8) is 0 Å². The lowest BCUT2D eigenvalue weighted by Gasteiger charge is -2.27. The molecule has 0 radical (unpaired) electrons. The maximum Gasteiger partial charge on any atom is 0.308 e. The second kappa shape index (κ2) is 20.9. The summed E-state index contributed by atoms with van der Waals surface area (Å²) in [5, 5.41) is 21.8. The number of aromatic nitrogens is 4. The summed E-state index contributed by atoms with van der Waals surface area (Å²) in [7, 11) is 1.44. The van der Waals surface area contributed by atoms with Crippen molar-refractivity contribution in [2.75, 3.05) is 43.1 Å². The molecule has 16 heteroatoms. The quantitative estimate of drug-likeness (QED) is 0.122. The highest BCUT2D eigenvalue weighted by Gasteiger charge is 2.30. The highest BCUT2D eigenvalue weighted by Crippen LogP contribution is 2.29. The molecule has 6 heterocycles. The number of hydrogen-bond donors (Lipinski definition) is 3. The molecule has 2 aliphatic carbocycles. The number of amides is 2. The molecule has 4 aromatic heterocycles. The van der Waals surface area contributed by atoms with E-state index in [4.69, 9.17) is 19.8 Å². The Bertz CT molecular complexity index is 2090. The van der Waals surface area contributed by atoms with Crippen LogP contribution in [-0.2, 0) is 27.4 Å². The van der Waals surface area contributed by atoms with Crippen molar-refractivity contribution in [1.82, 2.24) is 29.7 Å². The number of carbonyl (C=O) groups excluding carboxylic acids is 3. The first-order valence-corrected chi connectivity index (χ1v) is 23.9. The normalized spacial score (nSPS) is 21.9. The second-order valence-corrected chi connectivity index (χ2v) is 19.0. The maximum atomic E-state index is 13.0. The number of anilines is 2. The topological polar surface area (TPSA) is 164 Å². The van der Waals surface area contributed by atoms with Crippen molar-refractivity contribution in [2.45, 2.75) is 129 Å². The van der Waals surface area contributed by atoms with Gasteiger partial charge in [0.1, 0.15) is 11.4 Å². The summed E-state index contributed by atoms with van der Waals surface area (Å²) < 4.78 is 8.83. The maximum absolute atomic E-state index is 13.0. The number of thiazole rings is 2. The number of piperidine rings is 2. The van der Waals surface area contributed by atoms with Crippen LogP contribution in [0.4, 0.5) is 10.3 Å². The van der Waals surface area contributed by atoms with Gasteiger partial charge in [0.2, 0.25) is 0 Å². The Morgan fingerprint density at radius 3 is 1.46 bits per heavy atom. The van der Waals surface area contributed by atoms with E-state index in [2.05, 4.69) is 31.2 Å². The Kier molecular flexibility index (Phi) is 15.2. The number of esters is 1. The molecular weight excluding hydrogens is 813 g/mol. The van der Waals surface area contributed by atoms with Gasteiger partial charge in [0.25, 0.3) is 11.8 Å². The summed E-state index contributed by atoms with van der Waals surface area (Å²) in [6, 6.07) is 3.99. The Morgan fingerprint density at radius 2 is 1.07 bits per heavy atom. The number of carbonyl (C=O) groups is 4. The monoisotopic (exact) mass is 874 g/mol. The van der Waals surface area contributed by atoms with Crippen LogP contribution >= 0.6 is 22.7 Å². The number of rotatable bonds is 12. The van der Waals surface area contributed by atoms with Crippen molar-refractivity contribution in [1.29, 1.82) is 0 Å². The highest BCUT2D eigenvalue weighted by atomic mass is 32.1. The fraction of sp³-hybridized carbons (Fsp3) is 0.600. The lowest BCUT2D eigenvalue weighted by molar-refractivity contribution is -0.146. The molecule has 2 saturated heterocycles. The Labute approximate surface area is 367 Å². The summed E-state index contributed by atoms with van der Waals surface area (Å²) >= 11 is 3.37. The van der Waals surface area contributed by atoms with E-state index in [0.29, 0.717) is 50.2 Å². The number of aliphatic carboxylic acids is 1. The molecule has 4 aromatic rings. The fourth-order valence-corrected chi connectivity index (χ4v) is 10.9. The van der Waals surface area contributed by atoms with E-state index in [1.165, 1.54) is 45.6 Å². The minimum atomic E-state index is -0.725. The molecule has 4 fully saturated rings. The summed E-state index contributed by atoms with van der Waals surface area (Å²) in [6.45, 7) is 9.49. The third-order valence-corrected chi connectivity index (χ3v) is 14.4. The van der Waals surface area contributed by atoms with Crippen LogP contribution in [0.5, 0.6) is 0 Å². The lowest BCUT2D eigenvalue weighted by Crippen LogP contribution is -2.39. The molecule has 0 atom stereocenters. The first-order chi connectivity index (χ1) is 29.5. The van der Waals surface area contributed by atoms with E-state index in [1.807, 2.05) is 47.5 Å². The van der Waals surface area contributed by atoms with Gasteiger partial charge in [-0.25, -0.2) is 9.97 Å². The van der Waals surface area contributed by atoms with Crippen molar-refractivity contribution >= 4 is 56.7 Å². The van der Waals surface area contributed by atoms with Crippen LogP contribution in [0.2, 0.25) is 0 Å². The fourth-order valence-electron chi connectivity index (χ4n) is 9.15. The van der Waals surface area contributed by atoms with Gasteiger partial charge in [0, 0.05) is 61.4 Å². The summed E-state index contributed by atoms with van der Waals surface area (Å²) in [4.78, 5) is 63.2. The molecular formula is C45H62N8O6S2. The number of carboxylic acid groups (broad SMARTS) is 1. The average Bonchev–Trinajstić information content (AvgIpc) is 4.10. The molecule has 0 unspecified atom stereocenters. The zero-order chi connectivity index (χ0) is 42.9. The van der Waals surface area contributed by atoms with Gasteiger partial charge < -0.3 is 39.4 Å². The van der Waals surface area contributed by atoms with Gasteiger partial charge in [-0.05, 0) is 127 Å². The van der Waals surface area contributed by atoms with Gasteiger partial charge in [-0.15, -0.1) is 22.7 Å². The van der Waals surface area contributed by atoms with Crippen LogP contribution in [0, 0.1) is 25.7 Å². The molecule has 2 amide bonds.